The van der Waals surface area contributed by atoms with Crippen LogP contribution in [0.15, 0.2) is 23.7 Å². The minimum absolute atomic E-state index is 0.421. The highest BCUT2D eigenvalue weighted by molar-refractivity contribution is 7.13. The van der Waals surface area contributed by atoms with E-state index < -0.39 is 5.91 Å². The lowest BCUT2D eigenvalue weighted by Crippen LogP contribution is -2.46. The van der Waals surface area contributed by atoms with Crippen LogP contribution in [-0.2, 0) is 0 Å². The second-order valence-corrected chi connectivity index (χ2v) is 5.85. The molecule has 0 aliphatic carbocycles. The van der Waals surface area contributed by atoms with Crippen molar-refractivity contribution >= 4 is 28.2 Å². The van der Waals surface area contributed by atoms with Crippen molar-refractivity contribution in [3.8, 4) is 0 Å². The van der Waals surface area contributed by atoms with Crippen LogP contribution in [0, 0.1) is 6.92 Å². The van der Waals surface area contributed by atoms with E-state index in [9.17, 15) is 4.79 Å². The normalized spacial score (nSPS) is 15.3. The molecule has 0 atom stereocenters. The molecule has 0 aromatic carbocycles. The van der Waals surface area contributed by atoms with Gasteiger partial charge in [-0.2, -0.15) is 0 Å². The van der Waals surface area contributed by atoms with Crippen LogP contribution in [0.4, 0.5) is 10.9 Å². The van der Waals surface area contributed by atoms with Gasteiger partial charge in [0.25, 0.3) is 0 Å². The number of primary amides is 1. The van der Waals surface area contributed by atoms with Gasteiger partial charge in [-0.1, -0.05) is 0 Å². The van der Waals surface area contributed by atoms with E-state index >= 15 is 0 Å². The summed E-state index contributed by atoms with van der Waals surface area (Å²) in [6.07, 6.45) is 1.63. The number of amides is 1. The first-order valence-corrected chi connectivity index (χ1v) is 7.69. The standard InChI is InChI=1S/C14H17N5OS/c1-10-9-21-14(17-10)19-6-4-18(5-7-19)12-8-11(13(15)20)2-3-16-12/h2-3,8-9H,4-7H2,1H3,(H2,15,20). The highest BCUT2D eigenvalue weighted by atomic mass is 32.1. The van der Waals surface area contributed by atoms with Crippen molar-refractivity contribution in [2.75, 3.05) is 36.0 Å². The predicted octanol–water partition coefficient (Wildman–Crippen LogP) is 1.27. The summed E-state index contributed by atoms with van der Waals surface area (Å²) < 4.78 is 0. The van der Waals surface area contributed by atoms with E-state index in [0.29, 0.717) is 5.56 Å². The van der Waals surface area contributed by atoms with Gasteiger partial charge in [-0.3, -0.25) is 4.79 Å². The second-order valence-electron chi connectivity index (χ2n) is 5.01. The van der Waals surface area contributed by atoms with Gasteiger partial charge >= 0.3 is 0 Å². The molecule has 2 aromatic heterocycles. The first kappa shape index (κ1) is 13.8. The molecule has 0 radical (unpaired) electrons. The van der Waals surface area contributed by atoms with Crippen LogP contribution in [0.3, 0.4) is 0 Å². The monoisotopic (exact) mass is 303 g/mol. The number of carbonyl (C=O) groups is 1. The minimum atomic E-state index is -0.421. The Morgan fingerprint density at radius 2 is 2.00 bits per heavy atom. The van der Waals surface area contributed by atoms with Gasteiger partial charge in [0, 0.05) is 43.3 Å². The summed E-state index contributed by atoms with van der Waals surface area (Å²) in [6.45, 7) is 5.52. The van der Waals surface area contributed by atoms with Crippen molar-refractivity contribution < 1.29 is 4.79 Å². The Morgan fingerprint density at radius 1 is 1.29 bits per heavy atom. The lowest BCUT2D eigenvalue weighted by Gasteiger charge is -2.35. The van der Waals surface area contributed by atoms with Crippen molar-refractivity contribution in [1.82, 2.24) is 9.97 Å². The molecule has 0 spiro atoms. The Balaban J connectivity index is 1.68. The number of piperazine rings is 1. The summed E-state index contributed by atoms with van der Waals surface area (Å²) >= 11 is 1.68. The third-order valence-corrected chi connectivity index (χ3v) is 4.53. The third-order valence-electron chi connectivity index (χ3n) is 3.51. The van der Waals surface area contributed by atoms with E-state index in [4.69, 9.17) is 5.73 Å². The van der Waals surface area contributed by atoms with Crippen molar-refractivity contribution in [3.05, 3.63) is 35.0 Å². The molecule has 1 saturated heterocycles. The minimum Gasteiger partial charge on any atom is -0.366 e. The smallest absolute Gasteiger partial charge is 0.248 e. The second kappa shape index (κ2) is 5.69. The first-order valence-electron chi connectivity index (χ1n) is 6.81. The third kappa shape index (κ3) is 2.97. The maximum absolute atomic E-state index is 11.2. The van der Waals surface area contributed by atoms with Gasteiger partial charge in [-0.15, -0.1) is 11.3 Å². The zero-order valence-electron chi connectivity index (χ0n) is 11.8. The molecular weight excluding hydrogens is 286 g/mol. The summed E-state index contributed by atoms with van der Waals surface area (Å²) in [4.78, 5) is 24.5. The topological polar surface area (TPSA) is 75.3 Å². The molecule has 1 amide bonds. The molecule has 1 aliphatic heterocycles. The fraction of sp³-hybridized carbons (Fsp3) is 0.357. The highest BCUT2D eigenvalue weighted by Crippen LogP contribution is 2.23. The van der Waals surface area contributed by atoms with Crippen LogP contribution in [-0.4, -0.2) is 42.1 Å². The Kier molecular flexibility index (Phi) is 3.74. The lowest BCUT2D eigenvalue weighted by atomic mass is 10.2. The van der Waals surface area contributed by atoms with Gasteiger partial charge in [0.15, 0.2) is 5.13 Å². The number of aromatic nitrogens is 2. The quantitative estimate of drug-likeness (QED) is 0.924. The summed E-state index contributed by atoms with van der Waals surface area (Å²) in [5.41, 5.74) is 6.87. The SMILES string of the molecule is Cc1csc(N2CCN(c3cc(C(N)=O)ccn3)CC2)n1. The van der Waals surface area contributed by atoms with Crippen LogP contribution >= 0.6 is 11.3 Å². The van der Waals surface area contributed by atoms with Gasteiger partial charge in [0.05, 0.1) is 5.69 Å². The number of hydrogen-bond acceptors (Lipinski definition) is 6. The number of pyridine rings is 1. The average Bonchev–Trinajstić information content (AvgIpc) is 2.94. The van der Waals surface area contributed by atoms with Crippen molar-refractivity contribution in [1.29, 1.82) is 0 Å². The lowest BCUT2D eigenvalue weighted by molar-refractivity contribution is 0.1000. The van der Waals surface area contributed by atoms with E-state index in [2.05, 4.69) is 25.1 Å². The predicted molar refractivity (Wildman–Crippen MR) is 84.0 cm³/mol. The molecule has 7 heteroatoms. The van der Waals surface area contributed by atoms with E-state index in [1.165, 1.54) is 0 Å². The molecule has 1 aliphatic rings. The molecule has 2 N–H and O–H groups in total. The number of nitrogens with zero attached hydrogens (tertiary/aromatic N) is 4. The largest absolute Gasteiger partial charge is 0.366 e. The zero-order valence-corrected chi connectivity index (χ0v) is 12.6. The van der Waals surface area contributed by atoms with Crippen LogP contribution in [0.1, 0.15) is 16.1 Å². The number of hydrogen-bond donors (Lipinski definition) is 1. The Hall–Kier alpha value is -2.15. The molecule has 6 nitrogen and oxygen atoms in total. The van der Waals surface area contributed by atoms with Gasteiger partial charge in [-0.05, 0) is 19.1 Å². The molecule has 0 unspecified atom stereocenters. The molecule has 0 saturated carbocycles. The highest BCUT2D eigenvalue weighted by Gasteiger charge is 2.20. The summed E-state index contributed by atoms with van der Waals surface area (Å²) in [6, 6.07) is 3.39. The molecule has 3 heterocycles. The van der Waals surface area contributed by atoms with Crippen molar-refractivity contribution in [2.45, 2.75) is 6.92 Å². The number of nitrogens with two attached hydrogens (primary N) is 1. The Bertz CT molecular complexity index is 648. The molecule has 2 aromatic rings. The van der Waals surface area contributed by atoms with Crippen LogP contribution < -0.4 is 15.5 Å². The van der Waals surface area contributed by atoms with E-state index in [0.717, 1.165) is 42.8 Å². The van der Waals surface area contributed by atoms with Crippen molar-refractivity contribution in [2.24, 2.45) is 5.73 Å². The van der Waals surface area contributed by atoms with E-state index in [1.807, 2.05) is 6.92 Å². The van der Waals surface area contributed by atoms with Crippen LogP contribution in [0.2, 0.25) is 0 Å². The van der Waals surface area contributed by atoms with E-state index in [1.54, 1.807) is 29.7 Å². The Labute approximate surface area is 127 Å². The molecule has 110 valence electrons. The Morgan fingerprint density at radius 3 is 2.62 bits per heavy atom. The maximum atomic E-state index is 11.2. The number of carbonyl (C=O) groups excluding carboxylic acids is 1. The van der Waals surface area contributed by atoms with Gasteiger partial charge in [-0.25, -0.2) is 9.97 Å². The molecule has 3 rings (SSSR count). The average molecular weight is 303 g/mol. The number of aryl methyl sites for hydroxylation is 1. The zero-order chi connectivity index (χ0) is 14.8. The number of anilines is 2. The summed E-state index contributed by atoms with van der Waals surface area (Å²) in [5.74, 6) is 0.386. The van der Waals surface area contributed by atoms with Gasteiger partial charge in [0.1, 0.15) is 5.82 Å². The summed E-state index contributed by atoms with van der Waals surface area (Å²) in [5, 5.41) is 3.14. The van der Waals surface area contributed by atoms with Crippen LogP contribution in [0.5, 0.6) is 0 Å². The molecule has 0 bridgehead atoms. The fourth-order valence-corrected chi connectivity index (χ4v) is 3.22. The van der Waals surface area contributed by atoms with Gasteiger partial charge in [0.2, 0.25) is 5.91 Å². The number of rotatable bonds is 3. The van der Waals surface area contributed by atoms with Crippen LogP contribution in [0.25, 0.3) is 0 Å². The molecule has 21 heavy (non-hydrogen) atoms. The molecular formula is C14H17N5OS. The number of thiazole rings is 1. The first-order chi connectivity index (χ1) is 10.1. The maximum Gasteiger partial charge on any atom is 0.248 e. The fourth-order valence-electron chi connectivity index (χ4n) is 2.36. The van der Waals surface area contributed by atoms with Crippen molar-refractivity contribution in [3.63, 3.8) is 0 Å². The summed E-state index contributed by atoms with van der Waals surface area (Å²) in [7, 11) is 0. The van der Waals surface area contributed by atoms with E-state index in [-0.39, 0.29) is 0 Å². The molecule has 1 fully saturated rings. The van der Waals surface area contributed by atoms with Gasteiger partial charge < -0.3 is 15.5 Å².